The molecule has 0 aliphatic carbocycles. The summed E-state index contributed by atoms with van der Waals surface area (Å²) >= 11 is 0. The van der Waals surface area contributed by atoms with Crippen molar-refractivity contribution in [3.63, 3.8) is 0 Å². The van der Waals surface area contributed by atoms with E-state index < -0.39 is 36.4 Å². The van der Waals surface area contributed by atoms with Crippen molar-refractivity contribution in [2.24, 2.45) is 0 Å². The molecule has 0 bridgehead atoms. The molecule has 9 nitrogen and oxygen atoms in total. The highest BCUT2D eigenvalue weighted by Crippen LogP contribution is 2.25. The van der Waals surface area contributed by atoms with Crippen molar-refractivity contribution >= 4 is 17.9 Å². The number of nitrogens with zero attached hydrogens (tertiary/aromatic N) is 1. The summed E-state index contributed by atoms with van der Waals surface area (Å²) in [5, 5.41) is 25.5. The van der Waals surface area contributed by atoms with Crippen molar-refractivity contribution in [3.8, 4) is 0 Å². The van der Waals surface area contributed by atoms with Crippen molar-refractivity contribution in [2.75, 3.05) is 34.4 Å². The lowest BCUT2D eigenvalue weighted by Gasteiger charge is -2.23. The first-order valence-corrected chi connectivity index (χ1v) is 10.2. The zero-order valence-electron chi connectivity index (χ0n) is 19.0. The van der Waals surface area contributed by atoms with Gasteiger partial charge in [0.1, 0.15) is 6.10 Å². The van der Waals surface area contributed by atoms with E-state index in [1.54, 1.807) is 0 Å². The molecule has 0 saturated heterocycles. The fourth-order valence-electron chi connectivity index (χ4n) is 2.93. The van der Waals surface area contributed by atoms with E-state index in [-0.39, 0.29) is 6.10 Å². The standard InChI is InChI=1S/C17H21NO.C7H10O7/c1-18(2)13-14-19-17(15-9-5-3-6-10-15)16-11-7-4-8-12-16;1-14-7(6(12)13,2-4(8)9)3-5(10)11/h3-12,17H,13-14H2,1-2H3;2-3H2,1H3,(H,8,9)(H,10,11)(H,12,13). The monoisotopic (exact) mass is 461 g/mol. The second-order valence-electron chi connectivity index (χ2n) is 7.52. The molecule has 180 valence electrons. The summed E-state index contributed by atoms with van der Waals surface area (Å²) in [6.45, 7) is 1.65. The zero-order chi connectivity index (χ0) is 24.9. The number of methoxy groups -OCH3 is 1. The van der Waals surface area contributed by atoms with Crippen LogP contribution in [-0.4, -0.2) is 78.1 Å². The van der Waals surface area contributed by atoms with Gasteiger partial charge in [-0.05, 0) is 25.2 Å². The normalized spacial score (nSPS) is 11.1. The number of ether oxygens (including phenoxy) is 2. The first kappa shape index (κ1) is 27.8. The van der Waals surface area contributed by atoms with Crippen LogP contribution in [0.15, 0.2) is 60.7 Å². The molecule has 0 heterocycles. The summed E-state index contributed by atoms with van der Waals surface area (Å²) in [5.74, 6) is -4.48. The maximum Gasteiger partial charge on any atom is 0.337 e. The van der Waals surface area contributed by atoms with Gasteiger partial charge < -0.3 is 29.7 Å². The molecule has 0 saturated carbocycles. The second kappa shape index (κ2) is 14.0. The molecular weight excluding hydrogens is 430 g/mol. The molecule has 33 heavy (non-hydrogen) atoms. The Balaban J connectivity index is 0.000000349. The summed E-state index contributed by atoms with van der Waals surface area (Å²) in [5.41, 5.74) is 0.206. The van der Waals surface area contributed by atoms with E-state index in [1.165, 1.54) is 11.1 Å². The van der Waals surface area contributed by atoms with Gasteiger partial charge in [-0.25, -0.2) is 4.79 Å². The fourth-order valence-corrected chi connectivity index (χ4v) is 2.93. The van der Waals surface area contributed by atoms with Crippen LogP contribution in [-0.2, 0) is 23.9 Å². The van der Waals surface area contributed by atoms with Crippen LogP contribution in [0.2, 0.25) is 0 Å². The average Bonchev–Trinajstić information content (AvgIpc) is 2.77. The molecule has 0 radical (unpaired) electrons. The van der Waals surface area contributed by atoms with E-state index in [0.29, 0.717) is 0 Å². The Morgan fingerprint density at radius 1 is 0.848 bits per heavy atom. The number of likely N-dealkylation sites (N-methyl/N-ethyl adjacent to an activating group) is 1. The average molecular weight is 462 g/mol. The van der Waals surface area contributed by atoms with Gasteiger partial charge in [0.15, 0.2) is 5.60 Å². The lowest BCUT2D eigenvalue weighted by molar-refractivity contribution is -0.174. The van der Waals surface area contributed by atoms with Crippen molar-refractivity contribution in [1.29, 1.82) is 0 Å². The van der Waals surface area contributed by atoms with Crippen molar-refractivity contribution in [1.82, 2.24) is 4.90 Å². The van der Waals surface area contributed by atoms with E-state index in [4.69, 9.17) is 20.1 Å². The van der Waals surface area contributed by atoms with Gasteiger partial charge in [0.05, 0.1) is 19.4 Å². The Hall–Kier alpha value is -3.27. The van der Waals surface area contributed by atoms with Gasteiger partial charge in [-0.3, -0.25) is 9.59 Å². The number of rotatable bonds is 12. The third kappa shape index (κ3) is 9.82. The van der Waals surface area contributed by atoms with Crippen LogP contribution in [0.25, 0.3) is 0 Å². The molecule has 9 heteroatoms. The van der Waals surface area contributed by atoms with Crippen LogP contribution < -0.4 is 0 Å². The van der Waals surface area contributed by atoms with Gasteiger partial charge in [0, 0.05) is 13.7 Å². The summed E-state index contributed by atoms with van der Waals surface area (Å²) in [6.07, 6.45) is -1.78. The molecule has 3 N–H and O–H groups in total. The third-order valence-electron chi connectivity index (χ3n) is 4.68. The first-order chi connectivity index (χ1) is 15.6. The largest absolute Gasteiger partial charge is 0.481 e. The van der Waals surface area contributed by atoms with E-state index in [2.05, 4.69) is 72.3 Å². The third-order valence-corrected chi connectivity index (χ3v) is 4.68. The van der Waals surface area contributed by atoms with Gasteiger partial charge in [-0.2, -0.15) is 0 Å². The molecule has 0 spiro atoms. The number of aliphatic carboxylic acids is 3. The molecule has 0 aliphatic rings. The number of hydrogen-bond donors (Lipinski definition) is 3. The summed E-state index contributed by atoms with van der Waals surface area (Å²) in [6, 6.07) is 20.8. The van der Waals surface area contributed by atoms with Crippen LogP contribution in [0, 0.1) is 0 Å². The molecular formula is C24H31NO8. The van der Waals surface area contributed by atoms with Gasteiger partial charge in [0.25, 0.3) is 0 Å². The zero-order valence-corrected chi connectivity index (χ0v) is 19.0. The van der Waals surface area contributed by atoms with E-state index in [1.807, 2.05) is 12.1 Å². The van der Waals surface area contributed by atoms with E-state index in [0.717, 1.165) is 20.3 Å². The highest BCUT2D eigenvalue weighted by Gasteiger charge is 2.43. The lowest BCUT2D eigenvalue weighted by Crippen LogP contribution is -2.44. The Morgan fingerprint density at radius 3 is 1.58 bits per heavy atom. The Labute approximate surface area is 193 Å². The maximum absolute atomic E-state index is 10.7. The van der Waals surface area contributed by atoms with Crippen LogP contribution in [0.1, 0.15) is 30.1 Å². The topological polar surface area (TPSA) is 134 Å². The molecule has 0 aromatic heterocycles. The SMILES string of the molecule is CN(C)CCOC(c1ccccc1)c1ccccc1.COC(CC(=O)O)(CC(=O)O)C(=O)O. The molecule has 2 aromatic carbocycles. The van der Waals surface area contributed by atoms with Crippen molar-refractivity contribution in [3.05, 3.63) is 71.8 Å². The van der Waals surface area contributed by atoms with Gasteiger partial charge in [-0.1, -0.05) is 60.7 Å². The van der Waals surface area contributed by atoms with E-state index in [9.17, 15) is 14.4 Å². The highest BCUT2D eigenvalue weighted by molar-refractivity contribution is 5.88. The van der Waals surface area contributed by atoms with Crippen LogP contribution >= 0.6 is 0 Å². The summed E-state index contributed by atoms with van der Waals surface area (Å²) < 4.78 is 10.5. The predicted molar refractivity (Wildman–Crippen MR) is 121 cm³/mol. The summed E-state index contributed by atoms with van der Waals surface area (Å²) in [4.78, 5) is 33.5. The number of carboxylic acid groups (broad SMARTS) is 3. The minimum Gasteiger partial charge on any atom is -0.481 e. The number of carbonyl (C=O) groups is 3. The minimum absolute atomic E-state index is 0.0161. The van der Waals surface area contributed by atoms with Crippen molar-refractivity contribution in [2.45, 2.75) is 24.5 Å². The second-order valence-corrected chi connectivity index (χ2v) is 7.52. The van der Waals surface area contributed by atoms with Gasteiger partial charge in [-0.15, -0.1) is 0 Å². The Bertz CT molecular complexity index is 815. The quantitative estimate of drug-likeness (QED) is 0.436. The first-order valence-electron chi connectivity index (χ1n) is 10.2. The predicted octanol–water partition coefficient (Wildman–Crippen LogP) is 2.76. The summed E-state index contributed by atoms with van der Waals surface area (Å²) in [7, 11) is 5.08. The molecule has 0 fully saturated rings. The van der Waals surface area contributed by atoms with Gasteiger partial charge in [0.2, 0.25) is 0 Å². The fraction of sp³-hybridized carbons (Fsp3) is 0.375. The molecule has 0 unspecified atom stereocenters. The molecule has 0 amide bonds. The van der Waals surface area contributed by atoms with Crippen LogP contribution in [0.4, 0.5) is 0 Å². The molecule has 2 rings (SSSR count). The maximum atomic E-state index is 10.7. The Morgan fingerprint density at radius 2 is 1.27 bits per heavy atom. The van der Waals surface area contributed by atoms with E-state index >= 15 is 0 Å². The smallest absolute Gasteiger partial charge is 0.337 e. The van der Waals surface area contributed by atoms with Crippen LogP contribution in [0.3, 0.4) is 0 Å². The molecule has 0 aliphatic heterocycles. The molecule has 2 aromatic rings. The number of benzene rings is 2. The highest BCUT2D eigenvalue weighted by atomic mass is 16.5. The van der Waals surface area contributed by atoms with Gasteiger partial charge >= 0.3 is 17.9 Å². The minimum atomic E-state index is -2.20. The van der Waals surface area contributed by atoms with Crippen LogP contribution in [0.5, 0.6) is 0 Å². The van der Waals surface area contributed by atoms with Crippen molar-refractivity contribution < 1.29 is 39.2 Å². The Kier molecular flexibility index (Phi) is 11.8. The number of hydrogen-bond acceptors (Lipinski definition) is 6. The number of carboxylic acids is 3. The molecule has 0 atom stereocenters. The lowest BCUT2D eigenvalue weighted by atomic mass is 9.95.